The first-order chi connectivity index (χ1) is 17.8. The molecule has 0 unspecified atom stereocenters. The second kappa shape index (κ2) is 9.80. The van der Waals surface area contributed by atoms with Gasteiger partial charge in [-0.1, -0.05) is 48.5 Å². The molecule has 176 valence electrons. The molecule has 2 heterocycles. The van der Waals surface area contributed by atoms with Crippen LogP contribution in [0.5, 0.6) is 23.0 Å². The minimum Gasteiger partial charge on any atom is -0.486 e. The summed E-state index contributed by atoms with van der Waals surface area (Å²) < 4.78 is 19.4. The van der Waals surface area contributed by atoms with Crippen LogP contribution in [0.15, 0.2) is 114 Å². The first kappa shape index (κ1) is 21.7. The van der Waals surface area contributed by atoms with Crippen LogP contribution in [0.4, 0.5) is 5.69 Å². The third-order valence-electron chi connectivity index (χ3n) is 5.76. The lowest BCUT2D eigenvalue weighted by Crippen LogP contribution is -2.15. The molecule has 0 radical (unpaired) electrons. The van der Waals surface area contributed by atoms with Crippen LogP contribution in [-0.2, 0) is 0 Å². The Balaban J connectivity index is 1.39. The van der Waals surface area contributed by atoms with Crippen molar-refractivity contribution < 1.29 is 14.2 Å². The Hall–Kier alpha value is -4.84. The predicted molar refractivity (Wildman–Crippen MR) is 140 cm³/mol. The van der Waals surface area contributed by atoms with Crippen molar-refractivity contribution in [3.63, 3.8) is 0 Å². The van der Waals surface area contributed by atoms with E-state index in [0.29, 0.717) is 19.0 Å². The molecule has 6 nitrogen and oxygen atoms in total. The number of benzene rings is 4. The molecule has 0 bridgehead atoms. The second-order valence-electron chi connectivity index (χ2n) is 8.21. The highest BCUT2D eigenvalue weighted by atomic mass is 16.6. The first-order valence-corrected chi connectivity index (χ1v) is 11.7. The van der Waals surface area contributed by atoms with Gasteiger partial charge in [-0.05, 0) is 54.6 Å². The van der Waals surface area contributed by atoms with Crippen molar-refractivity contribution >= 4 is 11.9 Å². The van der Waals surface area contributed by atoms with E-state index in [1.54, 1.807) is 0 Å². The number of rotatable bonds is 6. The van der Waals surface area contributed by atoms with Gasteiger partial charge in [0.25, 0.3) is 0 Å². The van der Waals surface area contributed by atoms with Gasteiger partial charge in [0.2, 0.25) is 0 Å². The number of nitrogens with zero attached hydrogens (tertiary/aromatic N) is 3. The van der Waals surface area contributed by atoms with Crippen LogP contribution < -0.4 is 14.2 Å². The molecular weight excluding hydrogens is 450 g/mol. The second-order valence-corrected chi connectivity index (χ2v) is 8.21. The van der Waals surface area contributed by atoms with Gasteiger partial charge in [-0.3, -0.25) is 4.99 Å². The molecular formula is C30H23N3O3. The van der Waals surface area contributed by atoms with Crippen molar-refractivity contribution in [2.24, 2.45) is 4.99 Å². The SMILES string of the molecule is C(=Nc1ccccc1Oc1ccccc1)c1cn(-c2ccccc2)nc1-c1ccc2c(c1)OCCO2. The molecule has 6 heteroatoms. The third-order valence-corrected chi connectivity index (χ3v) is 5.76. The molecule has 5 aromatic rings. The summed E-state index contributed by atoms with van der Waals surface area (Å²) in [5.74, 6) is 2.90. The molecule has 0 aliphatic carbocycles. The van der Waals surface area contributed by atoms with E-state index >= 15 is 0 Å². The van der Waals surface area contributed by atoms with Crippen LogP contribution in [0.1, 0.15) is 5.56 Å². The number of aromatic nitrogens is 2. The average Bonchev–Trinajstić information content (AvgIpc) is 3.38. The number of ether oxygens (including phenoxy) is 3. The number of hydrogen-bond acceptors (Lipinski definition) is 5. The molecule has 6 rings (SSSR count). The highest BCUT2D eigenvalue weighted by molar-refractivity contribution is 5.91. The van der Waals surface area contributed by atoms with E-state index in [9.17, 15) is 0 Å². The summed E-state index contributed by atoms with van der Waals surface area (Å²) in [5.41, 5.74) is 4.26. The maximum Gasteiger partial charge on any atom is 0.162 e. The highest BCUT2D eigenvalue weighted by Crippen LogP contribution is 2.36. The van der Waals surface area contributed by atoms with Crippen molar-refractivity contribution in [3.05, 3.63) is 115 Å². The van der Waals surface area contributed by atoms with Crippen LogP contribution in [0, 0.1) is 0 Å². The Morgan fingerprint density at radius 3 is 2.33 bits per heavy atom. The zero-order chi connectivity index (χ0) is 24.2. The number of hydrogen-bond donors (Lipinski definition) is 0. The number of fused-ring (bicyclic) bond motifs is 1. The zero-order valence-electron chi connectivity index (χ0n) is 19.5. The Morgan fingerprint density at radius 1 is 0.778 bits per heavy atom. The quantitative estimate of drug-likeness (QED) is 0.253. The van der Waals surface area contributed by atoms with Gasteiger partial charge in [-0.2, -0.15) is 5.10 Å². The summed E-state index contributed by atoms with van der Waals surface area (Å²) in [7, 11) is 0. The van der Waals surface area contributed by atoms with Crippen LogP contribution in [0.2, 0.25) is 0 Å². The minimum atomic E-state index is 0.529. The van der Waals surface area contributed by atoms with E-state index in [4.69, 9.17) is 24.3 Å². The fourth-order valence-corrected chi connectivity index (χ4v) is 4.01. The monoisotopic (exact) mass is 473 g/mol. The molecule has 36 heavy (non-hydrogen) atoms. The van der Waals surface area contributed by atoms with Crippen molar-refractivity contribution in [1.29, 1.82) is 0 Å². The highest BCUT2D eigenvalue weighted by Gasteiger charge is 2.17. The van der Waals surface area contributed by atoms with E-state index in [0.717, 1.165) is 45.4 Å². The topological polar surface area (TPSA) is 57.9 Å². The Labute approximate surface area is 209 Å². The molecule has 0 spiro atoms. The standard InChI is InChI=1S/C30H23N3O3/c1-3-9-24(10-4-1)33-21-23(30(32-33)22-15-16-28-29(19-22)35-18-17-34-28)20-31-26-13-7-8-14-27(26)36-25-11-5-2-6-12-25/h1-16,19-21H,17-18H2. The van der Waals surface area contributed by atoms with Crippen LogP contribution in [0.3, 0.4) is 0 Å². The third kappa shape index (κ3) is 4.57. The molecule has 0 atom stereocenters. The van der Waals surface area contributed by atoms with Crippen molar-refractivity contribution in [2.45, 2.75) is 0 Å². The summed E-state index contributed by atoms with van der Waals surface area (Å²) in [4.78, 5) is 4.79. The van der Waals surface area contributed by atoms with Gasteiger partial charge in [0.05, 0.1) is 5.69 Å². The number of aliphatic imine (C=N–C) groups is 1. The predicted octanol–water partition coefficient (Wildman–Crippen LogP) is 6.85. The van der Waals surface area contributed by atoms with E-state index < -0.39 is 0 Å². The van der Waals surface area contributed by atoms with Gasteiger partial charge in [-0.25, -0.2) is 4.68 Å². The average molecular weight is 474 g/mol. The summed E-state index contributed by atoms with van der Waals surface area (Å²) in [5, 5.41) is 4.90. The van der Waals surface area contributed by atoms with E-state index in [1.807, 2.05) is 120 Å². The van der Waals surface area contributed by atoms with Crippen LogP contribution in [0.25, 0.3) is 16.9 Å². The molecule has 1 aliphatic heterocycles. The zero-order valence-corrected chi connectivity index (χ0v) is 19.5. The summed E-state index contributed by atoms with van der Waals surface area (Å²) in [6, 6.07) is 33.3. The van der Waals surface area contributed by atoms with Crippen molar-refractivity contribution in [2.75, 3.05) is 13.2 Å². The molecule has 1 aromatic heterocycles. The summed E-state index contributed by atoms with van der Waals surface area (Å²) in [6.07, 6.45) is 3.80. The molecule has 1 aliphatic rings. The smallest absolute Gasteiger partial charge is 0.162 e. The fraction of sp³-hybridized carbons (Fsp3) is 0.0667. The fourth-order valence-electron chi connectivity index (χ4n) is 4.01. The molecule has 0 N–H and O–H groups in total. The van der Waals surface area contributed by atoms with Gasteiger partial charge < -0.3 is 14.2 Å². The summed E-state index contributed by atoms with van der Waals surface area (Å²) >= 11 is 0. The summed E-state index contributed by atoms with van der Waals surface area (Å²) in [6.45, 7) is 1.08. The van der Waals surface area contributed by atoms with Crippen molar-refractivity contribution in [1.82, 2.24) is 9.78 Å². The normalized spacial score (nSPS) is 12.6. The van der Waals surface area contributed by atoms with E-state index in [2.05, 4.69) is 0 Å². The van der Waals surface area contributed by atoms with Crippen LogP contribution >= 0.6 is 0 Å². The molecule has 0 saturated carbocycles. The number of para-hydroxylation sites is 4. The van der Waals surface area contributed by atoms with Crippen LogP contribution in [-0.4, -0.2) is 29.2 Å². The Morgan fingerprint density at radius 2 is 1.50 bits per heavy atom. The molecule has 0 saturated heterocycles. The maximum absolute atomic E-state index is 6.08. The lowest BCUT2D eigenvalue weighted by Gasteiger charge is -2.18. The first-order valence-electron chi connectivity index (χ1n) is 11.7. The van der Waals surface area contributed by atoms with Gasteiger partial charge >= 0.3 is 0 Å². The van der Waals surface area contributed by atoms with E-state index in [-0.39, 0.29) is 0 Å². The van der Waals surface area contributed by atoms with Gasteiger partial charge in [0.15, 0.2) is 17.2 Å². The Kier molecular flexibility index (Phi) is 5.90. The van der Waals surface area contributed by atoms with Gasteiger partial charge in [-0.15, -0.1) is 0 Å². The lowest BCUT2D eigenvalue weighted by atomic mass is 10.1. The largest absolute Gasteiger partial charge is 0.486 e. The van der Waals surface area contributed by atoms with Gasteiger partial charge in [0, 0.05) is 23.5 Å². The molecule has 0 fully saturated rings. The maximum atomic E-state index is 6.08. The van der Waals surface area contributed by atoms with E-state index in [1.165, 1.54) is 0 Å². The van der Waals surface area contributed by atoms with Crippen molar-refractivity contribution in [3.8, 4) is 39.9 Å². The molecule has 0 amide bonds. The lowest BCUT2D eigenvalue weighted by molar-refractivity contribution is 0.171. The van der Waals surface area contributed by atoms with Gasteiger partial charge in [0.1, 0.15) is 30.3 Å². The molecule has 4 aromatic carbocycles. The minimum absolute atomic E-state index is 0.529. The Bertz CT molecular complexity index is 1510.